The van der Waals surface area contributed by atoms with Crippen LogP contribution in [0.2, 0.25) is 0 Å². The van der Waals surface area contributed by atoms with Gasteiger partial charge >= 0.3 is 0 Å². The first-order chi connectivity index (χ1) is 14.4. The smallest absolute Gasteiger partial charge is 0.0408 e. The van der Waals surface area contributed by atoms with Crippen molar-refractivity contribution in [3.8, 4) is 0 Å². The molecule has 164 valence electrons. The lowest BCUT2D eigenvalue weighted by Gasteiger charge is -2.21. The topological polar surface area (TPSA) is 3.24 Å². The summed E-state index contributed by atoms with van der Waals surface area (Å²) in [7, 11) is 2.11. The number of allylic oxidation sites excluding steroid dienone is 11. The van der Waals surface area contributed by atoms with Crippen LogP contribution in [0.15, 0.2) is 90.7 Å². The van der Waals surface area contributed by atoms with Crippen molar-refractivity contribution in [1.29, 1.82) is 0 Å². The van der Waals surface area contributed by atoms with E-state index in [0.717, 1.165) is 6.42 Å². The summed E-state index contributed by atoms with van der Waals surface area (Å²) in [6.45, 7) is 16.7. The average molecular weight is 406 g/mol. The molecule has 0 heterocycles. The Kier molecular flexibility index (Phi) is 14.0. The molecule has 0 N–H and O–H groups in total. The van der Waals surface area contributed by atoms with E-state index in [0.29, 0.717) is 0 Å². The van der Waals surface area contributed by atoms with Gasteiger partial charge in [0.15, 0.2) is 0 Å². The highest BCUT2D eigenvalue weighted by Crippen LogP contribution is 2.24. The summed E-state index contributed by atoms with van der Waals surface area (Å²) in [5, 5.41) is 0. The number of rotatable bonds is 5. The van der Waals surface area contributed by atoms with Crippen LogP contribution < -0.4 is 4.90 Å². The molecule has 0 unspecified atom stereocenters. The van der Waals surface area contributed by atoms with Crippen molar-refractivity contribution in [3.63, 3.8) is 0 Å². The van der Waals surface area contributed by atoms with Crippen molar-refractivity contribution in [2.45, 2.75) is 61.8 Å². The fourth-order valence-corrected chi connectivity index (χ4v) is 2.71. The van der Waals surface area contributed by atoms with Crippen LogP contribution in [-0.4, -0.2) is 7.05 Å². The van der Waals surface area contributed by atoms with Gasteiger partial charge in [0, 0.05) is 18.4 Å². The first-order valence-corrected chi connectivity index (χ1v) is 11.3. The standard InChI is InChI=1S/C25H31N.2C2H6/c1-6-12-23(15-11-20-25(2,3)4)26(5)24-18-16-22(17-19-24)21-13-9-7-8-10-14-21;2*1-2/h6-9,11-20H,10H2,1-5H3;2*1-2H3/b12-6-,20-11+,23-15+;;. The van der Waals surface area contributed by atoms with Crippen molar-refractivity contribution in [2.24, 2.45) is 5.41 Å². The van der Waals surface area contributed by atoms with E-state index in [1.165, 1.54) is 22.5 Å². The molecule has 30 heavy (non-hydrogen) atoms. The Morgan fingerprint density at radius 1 is 0.967 bits per heavy atom. The second kappa shape index (κ2) is 15.3. The summed E-state index contributed by atoms with van der Waals surface area (Å²) in [5.41, 5.74) is 5.07. The molecule has 0 saturated carbocycles. The predicted octanol–water partition coefficient (Wildman–Crippen LogP) is 9.14. The number of hydrogen-bond donors (Lipinski definition) is 0. The van der Waals surface area contributed by atoms with Crippen molar-refractivity contribution >= 4 is 11.3 Å². The summed E-state index contributed by atoms with van der Waals surface area (Å²) >= 11 is 0. The Morgan fingerprint density at radius 3 is 2.17 bits per heavy atom. The lowest BCUT2D eigenvalue weighted by Crippen LogP contribution is -2.14. The molecule has 0 amide bonds. The fourth-order valence-electron chi connectivity index (χ4n) is 2.71. The van der Waals surface area contributed by atoms with Crippen LogP contribution in [0, 0.1) is 5.41 Å². The van der Waals surface area contributed by atoms with E-state index in [2.05, 4.69) is 125 Å². The Hall–Kier alpha value is -2.54. The molecule has 0 fully saturated rings. The molecule has 1 nitrogen and oxygen atoms in total. The zero-order valence-electron chi connectivity index (χ0n) is 20.7. The maximum atomic E-state index is 2.27. The summed E-state index contributed by atoms with van der Waals surface area (Å²) in [6, 6.07) is 8.78. The quantitative estimate of drug-likeness (QED) is 0.441. The molecule has 0 spiro atoms. The van der Waals surface area contributed by atoms with Gasteiger partial charge in [0.2, 0.25) is 0 Å². The summed E-state index contributed by atoms with van der Waals surface area (Å²) in [6.07, 6.45) is 22.6. The number of anilines is 1. The maximum absolute atomic E-state index is 2.27. The van der Waals surface area contributed by atoms with E-state index in [4.69, 9.17) is 0 Å². The molecule has 0 radical (unpaired) electrons. The molecule has 1 aromatic carbocycles. The number of likely N-dealkylation sites (N-methyl/N-ethyl adjacent to an activating group) is 1. The lowest BCUT2D eigenvalue weighted by molar-refractivity contribution is 0.544. The monoisotopic (exact) mass is 405 g/mol. The SMILES string of the molecule is CC.CC.C\C=C/C(=C\C=C\C(C)(C)C)N(C)c1ccc(C2=CCC=CC=C2)cc1. The first kappa shape index (κ1) is 27.5. The molecule has 1 aliphatic carbocycles. The van der Waals surface area contributed by atoms with Crippen LogP contribution in [0.3, 0.4) is 0 Å². The maximum Gasteiger partial charge on any atom is 0.0408 e. The zero-order chi connectivity index (χ0) is 23.0. The van der Waals surface area contributed by atoms with Gasteiger partial charge in [0.05, 0.1) is 0 Å². The minimum Gasteiger partial charge on any atom is -0.345 e. The van der Waals surface area contributed by atoms with Gasteiger partial charge < -0.3 is 4.90 Å². The van der Waals surface area contributed by atoms with Crippen LogP contribution in [0.25, 0.3) is 5.57 Å². The van der Waals surface area contributed by atoms with Gasteiger partial charge in [0.25, 0.3) is 0 Å². The lowest BCUT2D eigenvalue weighted by atomic mass is 9.96. The van der Waals surface area contributed by atoms with Gasteiger partial charge in [-0.15, -0.1) is 0 Å². The molecule has 1 aromatic rings. The molecule has 0 saturated heterocycles. The number of benzene rings is 1. The van der Waals surface area contributed by atoms with Crippen LogP contribution in [0.5, 0.6) is 0 Å². The first-order valence-electron chi connectivity index (χ1n) is 11.3. The van der Waals surface area contributed by atoms with Crippen LogP contribution >= 0.6 is 0 Å². The molecule has 1 aliphatic rings. The third-order valence-electron chi connectivity index (χ3n) is 4.17. The molecule has 1 heteroatoms. The summed E-state index contributed by atoms with van der Waals surface area (Å²) in [4.78, 5) is 2.22. The molecular formula is C29H43N. The largest absolute Gasteiger partial charge is 0.345 e. The van der Waals surface area contributed by atoms with Crippen LogP contribution in [0.4, 0.5) is 5.69 Å². The molecule has 0 aliphatic heterocycles. The van der Waals surface area contributed by atoms with E-state index in [-0.39, 0.29) is 5.41 Å². The number of hydrogen-bond acceptors (Lipinski definition) is 1. The molecule has 2 rings (SSSR count). The molecule has 0 aromatic heterocycles. The number of nitrogens with zero attached hydrogens (tertiary/aromatic N) is 1. The molecule has 0 bridgehead atoms. The van der Waals surface area contributed by atoms with Gasteiger partial charge in [-0.3, -0.25) is 0 Å². The third kappa shape index (κ3) is 10.3. The van der Waals surface area contributed by atoms with E-state index in [1.807, 2.05) is 27.7 Å². The second-order valence-corrected chi connectivity index (χ2v) is 7.61. The summed E-state index contributed by atoms with van der Waals surface area (Å²) < 4.78 is 0. The van der Waals surface area contributed by atoms with Gasteiger partial charge in [-0.2, -0.15) is 0 Å². The van der Waals surface area contributed by atoms with Crippen molar-refractivity contribution in [1.82, 2.24) is 0 Å². The minimum absolute atomic E-state index is 0.187. The minimum atomic E-state index is 0.187. The van der Waals surface area contributed by atoms with Crippen molar-refractivity contribution < 1.29 is 0 Å². The van der Waals surface area contributed by atoms with Gasteiger partial charge in [0.1, 0.15) is 0 Å². The predicted molar refractivity (Wildman–Crippen MR) is 140 cm³/mol. The molecular weight excluding hydrogens is 362 g/mol. The Balaban J connectivity index is 0.00000198. The second-order valence-electron chi connectivity index (χ2n) is 7.61. The van der Waals surface area contributed by atoms with Gasteiger partial charge in [-0.25, -0.2) is 0 Å². The van der Waals surface area contributed by atoms with Gasteiger partial charge in [-0.05, 0) is 54.2 Å². The highest BCUT2D eigenvalue weighted by Gasteiger charge is 2.06. The van der Waals surface area contributed by atoms with E-state index < -0.39 is 0 Å². The van der Waals surface area contributed by atoms with E-state index in [1.54, 1.807) is 0 Å². The highest BCUT2D eigenvalue weighted by molar-refractivity contribution is 5.76. The van der Waals surface area contributed by atoms with Crippen LogP contribution in [0.1, 0.15) is 67.4 Å². The van der Waals surface area contributed by atoms with E-state index in [9.17, 15) is 0 Å². The summed E-state index contributed by atoms with van der Waals surface area (Å²) in [5.74, 6) is 0. The Bertz CT molecular complexity index is 760. The zero-order valence-corrected chi connectivity index (χ0v) is 20.7. The van der Waals surface area contributed by atoms with E-state index >= 15 is 0 Å². The Morgan fingerprint density at radius 2 is 1.60 bits per heavy atom. The normalized spacial score (nSPS) is 13.9. The van der Waals surface area contributed by atoms with Crippen molar-refractivity contribution in [2.75, 3.05) is 11.9 Å². The van der Waals surface area contributed by atoms with Crippen LogP contribution in [-0.2, 0) is 0 Å². The fraction of sp³-hybridized carbons (Fsp3) is 0.379. The Labute approximate surface area is 186 Å². The third-order valence-corrected chi connectivity index (χ3v) is 4.17. The molecule has 0 atom stereocenters. The highest BCUT2D eigenvalue weighted by atomic mass is 15.1. The van der Waals surface area contributed by atoms with Gasteiger partial charge in [-0.1, -0.05) is 109 Å². The van der Waals surface area contributed by atoms with Crippen molar-refractivity contribution in [3.05, 3.63) is 96.3 Å². The average Bonchev–Trinajstić information content (AvgIpc) is 3.04.